The average molecular weight is 241 g/mol. The summed E-state index contributed by atoms with van der Waals surface area (Å²) in [5, 5.41) is 3.70. The van der Waals surface area contributed by atoms with E-state index in [1.165, 1.54) is 38.5 Å². The van der Waals surface area contributed by atoms with Gasteiger partial charge in [0.25, 0.3) is 0 Å². The maximum atomic E-state index is 5.94. The fourth-order valence-corrected chi connectivity index (χ4v) is 2.98. The van der Waals surface area contributed by atoms with Gasteiger partial charge in [-0.2, -0.15) is 0 Å². The molecule has 1 atom stereocenters. The Kier molecular flexibility index (Phi) is 6.50. The molecule has 0 aromatic rings. The minimum Gasteiger partial charge on any atom is -0.374 e. The van der Waals surface area contributed by atoms with Crippen molar-refractivity contribution >= 4 is 0 Å². The first-order valence-corrected chi connectivity index (χ1v) is 7.47. The zero-order valence-corrected chi connectivity index (χ0v) is 12.2. The highest BCUT2D eigenvalue weighted by atomic mass is 16.5. The molecule has 2 heteroatoms. The first kappa shape index (κ1) is 15.0. The molecule has 0 amide bonds. The Morgan fingerprint density at radius 3 is 2.41 bits per heavy atom. The molecule has 2 nitrogen and oxygen atoms in total. The summed E-state index contributed by atoms with van der Waals surface area (Å²) in [6, 6.07) is 0.505. The summed E-state index contributed by atoms with van der Waals surface area (Å²) < 4.78 is 5.94. The SMILES string of the molecule is CCCNC(CC1CCCC1)C(C)(C)OCC. The molecule has 1 rings (SSSR count). The molecule has 1 N–H and O–H groups in total. The predicted molar refractivity (Wildman–Crippen MR) is 74.4 cm³/mol. The lowest BCUT2D eigenvalue weighted by atomic mass is 9.88. The van der Waals surface area contributed by atoms with E-state index in [4.69, 9.17) is 4.74 Å². The van der Waals surface area contributed by atoms with Crippen LogP contribution >= 0.6 is 0 Å². The van der Waals surface area contributed by atoms with Gasteiger partial charge in [0.1, 0.15) is 0 Å². The first-order valence-electron chi connectivity index (χ1n) is 7.47. The van der Waals surface area contributed by atoms with Crippen LogP contribution in [-0.2, 0) is 4.74 Å². The van der Waals surface area contributed by atoms with Crippen LogP contribution in [0, 0.1) is 5.92 Å². The van der Waals surface area contributed by atoms with Gasteiger partial charge in [-0.05, 0) is 46.1 Å². The standard InChI is InChI=1S/C15H31NO/c1-5-11-16-14(15(3,4)17-6-2)12-13-9-7-8-10-13/h13-14,16H,5-12H2,1-4H3. The molecule has 0 spiro atoms. The van der Waals surface area contributed by atoms with Crippen LogP contribution in [0.3, 0.4) is 0 Å². The van der Waals surface area contributed by atoms with E-state index in [1.54, 1.807) is 0 Å². The Labute approximate surface area is 108 Å². The van der Waals surface area contributed by atoms with E-state index < -0.39 is 0 Å². The van der Waals surface area contributed by atoms with Crippen molar-refractivity contribution in [2.24, 2.45) is 5.92 Å². The lowest BCUT2D eigenvalue weighted by Gasteiger charge is -2.36. The highest BCUT2D eigenvalue weighted by Crippen LogP contribution is 2.31. The van der Waals surface area contributed by atoms with Crippen molar-refractivity contribution in [3.63, 3.8) is 0 Å². The van der Waals surface area contributed by atoms with E-state index in [-0.39, 0.29) is 5.60 Å². The molecule has 0 aromatic carbocycles. The largest absolute Gasteiger partial charge is 0.374 e. The minimum atomic E-state index is -0.0352. The highest BCUT2D eigenvalue weighted by molar-refractivity contribution is 4.88. The van der Waals surface area contributed by atoms with Gasteiger partial charge in [-0.25, -0.2) is 0 Å². The van der Waals surface area contributed by atoms with Crippen LogP contribution in [-0.4, -0.2) is 24.8 Å². The van der Waals surface area contributed by atoms with Crippen LogP contribution < -0.4 is 5.32 Å². The number of nitrogens with one attached hydrogen (secondary N) is 1. The summed E-state index contributed by atoms with van der Waals surface area (Å²) >= 11 is 0. The fourth-order valence-electron chi connectivity index (χ4n) is 2.98. The van der Waals surface area contributed by atoms with Crippen LogP contribution in [0.1, 0.15) is 66.2 Å². The topological polar surface area (TPSA) is 21.3 Å². The number of hydrogen-bond acceptors (Lipinski definition) is 2. The minimum absolute atomic E-state index is 0.0352. The van der Waals surface area contributed by atoms with Gasteiger partial charge < -0.3 is 10.1 Å². The van der Waals surface area contributed by atoms with E-state index in [9.17, 15) is 0 Å². The van der Waals surface area contributed by atoms with Gasteiger partial charge in [-0.3, -0.25) is 0 Å². The molecule has 0 aliphatic heterocycles. The second kappa shape index (κ2) is 7.38. The fraction of sp³-hybridized carbons (Fsp3) is 1.00. The third kappa shape index (κ3) is 4.97. The van der Waals surface area contributed by atoms with Crippen molar-refractivity contribution in [2.75, 3.05) is 13.2 Å². The molecule has 1 fully saturated rings. The molecular formula is C15H31NO. The summed E-state index contributed by atoms with van der Waals surface area (Å²) in [5.74, 6) is 0.920. The van der Waals surface area contributed by atoms with E-state index >= 15 is 0 Å². The molecule has 17 heavy (non-hydrogen) atoms. The Balaban J connectivity index is 2.51. The van der Waals surface area contributed by atoms with Gasteiger partial charge in [0, 0.05) is 12.6 Å². The quantitative estimate of drug-likeness (QED) is 0.699. The second-order valence-corrected chi connectivity index (χ2v) is 5.93. The predicted octanol–water partition coefficient (Wildman–Crippen LogP) is 3.75. The highest BCUT2D eigenvalue weighted by Gasteiger charge is 2.32. The normalized spacial score (nSPS) is 19.8. The number of hydrogen-bond donors (Lipinski definition) is 1. The van der Waals surface area contributed by atoms with Crippen molar-refractivity contribution in [1.82, 2.24) is 5.32 Å². The van der Waals surface area contributed by atoms with Crippen molar-refractivity contribution < 1.29 is 4.74 Å². The van der Waals surface area contributed by atoms with Crippen molar-refractivity contribution in [1.29, 1.82) is 0 Å². The number of ether oxygens (including phenoxy) is 1. The van der Waals surface area contributed by atoms with E-state index in [0.29, 0.717) is 6.04 Å². The Morgan fingerprint density at radius 2 is 1.88 bits per heavy atom. The molecule has 1 saturated carbocycles. The molecular weight excluding hydrogens is 210 g/mol. The van der Waals surface area contributed by atoms with Crippen molar-refractivity contribution in [3.8, 4) is 0 Å². The molecule has 0 saturated heterocycles. The third-order valence-electron chi connectivity index (χ3n) is 4.04. The molecule has 102 valence electrons. The maximum Gasteiger partial charge on any atom is 0.0778 e. The zero-order chi connectivity index (χ0) is 12.7. The molecule has 0 bridgehead atoms. The van der Waals surface area contributed by atoms with Gasteiger partial charge in [0.05, 0.1) is 5.60 Å². The Morgan fingerprint density at radius 1 is 1.24 bits per heavy atom. The van der Waals surface area contributed by atoms with E-state index in [1.807, 2.05) is 0 Å². The summed E-state index contributed by atoms with van der Waals surface area (Å²) in [6.45, 7) is 10.7. The molecule has 1 aliphatic carbocycles. The Hall–Kier alpha value is -0.0800. The monoisotopic (exact) mass is 241 g/mol. The molecule has 0 heterocycles. The van der Waals surface area contributed by atoms with Gasteiger partial charge in [-0.1, -0.05) is 32.6 Å². The van der Waals surface area contributed by atoms with Crippen LogP contribution in [0.4, 0.5) is 0 Å². The molecule has 0 aromatic heterocycles. The third-order valence-corrected chi connectivity index (χ3v) is 4.04. The van der Waals surface area contributed by atoms with Crippen molar-refractivity contribution in [3.05, 3.63) is 0 Å². The lowest BCUT2D eigenvalue weighted by molar-refractivity contribution is -0.0434. The van der Waals surface area contributed by atoms with E-state index in [0.717, 1.165) is 19.1 Å². The zero-order valence-electron chi connectivity index (χ0n) is 12.2. The van der Waals surface area contributed by atoms with Gasteiger partial charge in [0.2, 0.25) is 0 Å². The average Bonchev–Trinajstić information content (AvgIpc) is 2.76. The summed E-state index contributed by atoms with van der Waals surface area (Å²) in [7, 11) is 0. The van der Waals surface area contributed by atoms with E-state index in [2.05, 4.69) is 33.0 Å². The first-order chi connectivity index (χ1) is 8.10. The lowest BCUT2D eigenvalue weighted by Crippen LogP contribution is -2.49. The van der Waals surface area contributed by atoms with Gasteiger partial charge >= 0.3 is 0 Å². The smallest absolute Gasteiger partial charge is 0.0778 e. The van der Waals surface area contributed by atoms with Gasteiger partial charge in [0.15, 0.2) is 0 Å². The summed E-state index contributed by atoms with van der Waals surface area (Å²) in [4.78, 5) is 0. The number of rotatable bonds is 8. The van der Waals surface area contributed by atoms with Crippen LogP contribution in [0.2, 0.25) is 0 Å². The maximum absolute atomic E-state index is 5.94. The second-order valence-electron chi connectivity index (χ2n) is 5.93. The molecule has 1 unspecified atom stereocenters. The summed E-state index contributed by atoms with van der Waals surface area (Å²) in [6.07, 6.45) is 8.19. The Bertz CT molecular complexity index is 197. The van der Waals surface area contributed by atoms with Gasteiger partial charge in [-0.15, -0.1) is 0 Å². The van der Waals surface area contributed by atoms with Crippen molar-refractivity contribution in [2.45, 2.75) is 77.9 Å². The summed E-state index contributed by atoms with van der Waals surface area (Å²) in [5.41, 5.74) is -0.0352. The molecule has 1 aliphatic rings. The van der Waals surface area contributed by atoms with Crippen LogP contribution in [0.15, 0.2) is 0 Å². The molecule has 0 radical (unpaired) electrons. The van der Waals surface area contributed by atoms with Crippen LogP contribution in [0.5, 0.6) is 0 Å². The van der Waals surface area contributed by atoms with Crippen LogP contribution in [0.25, 0.3) is 0 Å².